The van der Waals surface area contributed by atoms with Crippen LogP contribution in [0.2, 0.25) is 0 Å². The van der Waals surface area contributed by atoms with Gasteiger partial charge in [-0.05, 0) is 63.8 Å². The van der Waals surface area contributed by atoms with E-state index in [0.717, 1.165) is 18.4 Å². The third kappa shape index (κ3) is 2.52. The van der Waals surface area contributed by atoms with E-state index >= 15 is 0 Å². The average Bonchev–Trinajstić information content (AvgIpc) is 3.23. The van der Waals surface area contributed by atoms with Crippen LogP contribution in [-0.4, -0.2) is 24.0 Å². The average molecular weight is 358 g/mol. The van der Waals surface area contributed by atoms with Crippen molar-refractivity contribution >= 4 is 17.3 Å². The summed E-state index contributed by atoms with van der Waals surface area (Å²) in [6.07, 6.45) is 1.45. The number of esters is 1. The van der Waals surface area contributed by atoms with Gasteiger partial charge in [-0.3, -0.25) is 9.59 Å². The molecule has 1 aromatic rings. The van der Waals surface area contributed by atoms with E-state index in [1.807, 2.05) is 6.92 Å². The normalized spacial score (nSPS) is 30.1. The monoisotopic (exact) mass is 358 g/mol. The number of rotatable bonds is 2. The first-order chi connectivity index (χ1) is 12.2. The van der Waals surface area contributed by atoms with Gasteiger partial charge in [-0.25, -0.2) is 4.39 Å². The predicted molar refractivity (Wildman–Crippen MR) is 93.5 cm³/mol. The number of ketones is 1. The van der Waals surface area contributed by atoms with Crippen LogP contribution in [0, 0.1) is 30.0 Å². The van der Waals surface area contributed by atoms with E-state index in [-0.39, 0.29) is 29.8 Å². The Morgan fingerprint density at radius 1 is 1.19 bits per heavy atom. The quantitative estimate of drug-likeness (QED) is 0.755. The molecule has 0 unspecified atom stereocenters. The number of allylic oxidation sites excluding steroid dienone is 1. The zero-order valence-corrected chi connectivity index (χ0v) is 15.5. The third-order valence-corrected chi connectivity index (χ3v) is 5.66. The Balaban J connectivity index is 1.86. The summed E-state index contributed by atoms with van der Waals surface area (Å²) in [5.74, 6) is -1.09. The van der Waals surface area contributed by atoms with Crippen molar-refractivity contribution in [1.29, 1.82) is 0 Å². The van der Waals surface area contributed by atoms with Crippen LogP contribution < -0.4 is 0 Å². The second-order valence-corrected chi connectivity index (χ2v) is 8.54. The van der Waals surface area contributed by atoms with Crippen molar-refractivity contribution in [3.8, 4) is 0 Å². The van der Waals surface area contributed by atoms with Gasteiger partial charge in [-0.1, -0.05) is 6.07 Å². The van der Waals surface area contributed by atoms with Crippen molar-refractivity contribution < 1.29 is 23.5 Å². The van der Waals surface area contributed by atoms with Crippen LogP contribution in [0.25, 0.3) is 5.57 Å². The van der Waals surface area contributed by atoms with Crippen molar-refractivity contribution in [2.45, 2.75) is 52.7 Å². The van der Waals surface area contributed by atoms with Gasteiger partial charge in [0.2, 0.25) is 0 Å². The van der Waals surface area contributed by atoms with Crippen LogP contribution in [-0.2, 0) is 19.1 Å². The molecular weight excluding hydrogens is 335 g/mol. The molecule has 1 aliphatic carbocycles. The molecule has 0 aromatic heterocycles. The van der Waals surface area contributed by atoms with Crippen molar-refractivity contribution in [2.75, 3.05) is 0 Å². The van der Waals surface area contributed by atoms with Crippen LogP contribution >= 0.6 is 0 Å². The number of carbonyl (C=O) groups is 2. The largest absolute Gasteiger partial charge is 0.429 e. The predicted octanol–water partition coefficient (Wildman–Crippen LogP) is 3.81. The summed E-state index contributed by atoms with van der Waals surface area (Å²) in [6.45, 7) is 7.15. The molecule has 2 heterocycles. The minimum Gasteiger partial charge on any atom is -0.429 e. The second-order valence-electron chi connectivity index (χ2n) is 8.54. The number of benzene rings is 1. The summed E-state index contributed by atoms with van der Waals surface area (Å²) in [7, 11) is 0. The highest BCUT2D eigenvalue weighted by Gasteiger charge is 2.60. The van der Waals surface area contributed by atoms with E-state index in [9.17, 15) is 14.0 Å². The standard InChI is InChI=1S/C21H23FO4/c1-10-5-6-11(22)9-12(10)15-18(23)16-13-7-8-14(25-13)17(16)19(15)26-20(24)21(2,3)4/h5-6,9,13-14,16-17H,7-8H2,1-4H3/t13-,14+,16-,17+/m0/s1. The Hall–Kier alpha value is -2.01. The van der Waals surface area contributed by atoms with Gasteiger partial charge in [-0.15, -0.1) is 0 Å². The molecule has 2 fully saturated rings. The number of fused-ring (bicyclic) bond motifs is 5. The van der Waals surface area contributed by atoms with Crippen LogP contribution in [0.15, 0.2) is 24.0 Å². The molecule has 2 bridgehead atoms. The number of Topliss-reactive ketones (excluding diaryl/α,β-unsaturated/α-hetero) is 1. The summed E-state index contributed by atoms with van der Waals surface area (Å²) >= 11 is 0. The Kier molecular flexibility index (Phi) is 3.85. The number of hydrogen-bond donors (Lipinski definition) is 0. The summed E-state index contributed by atoms with van der Waals surface area (Å²) in [5, 5.41) is 0. The molecule has 2 aliphatic heterocycles. The van der Waals surface area contributed by atoms with Crippen molar-refractivity contribution in [3.63, 3.8) is 0 Å². The fourth-order valence-electron chi connectivity index (χ4n) is 4.30. The molecule has 5 heteroatoms. The molecule has 3 aliphatic rings. The Bertz CT molecular complexity index is 833. The van der Waals surface area contributed by atoms with Crippen molar-refractivity contribution in [3.05, 3.63) is 40.9 Å². The maximum atomic E-state index is 13.9. The van der Waals surface area contributed by atoms with Crippen LogP contribution in [0.5, 0.6) is 0 Å². The third-order valence-electron chi connectivity index (χ3n) is 5.66. The smallest absolute Gasteiger partial charge is 0.316 e. The SMILES string of the molecule is Cc1ccc(F)cc1C1=C(OC(=O)C(C)(C)C)[C@H]2[C@@H](C1=O)[C@@H]1CC[C@H]2O1. The second kappa shape index (κ2) is 5.74. The Morgan fingerprint density at radius 3 is 2.50 bits per heavy atom. The maximum Gasteiger partial charge on any atom is 0.316 e. The van der Waals surface area contributed by atoms with Crippen LogP contribution in [0.1, 0.15) is 44.7 Å². The molecule has 0 N–H and O–H groups in total. The minimum absolute atomic E-state index is 0.0902. The summed E-state index contributed by atoms with van der Waals surface area (Å²) in [5.41, 5.74) is 0.955. The molecule has 4 atom stereocenters. The first kappa shape index (κ1) is 17.4. The van der Waals surface area contributed by atoms with E-state index in [4.69, 9.17) is 9.47 Å². The molecule has 4 nitrogen and oxygen atoms in total. The maximum absolute atomic E-state index is 13.9. The van der Waals surface area contributed by atoms with Crippen molar-refractivity contribution in [1.82, 2.24) is 0 Å². The van der Waals surface area contributed by atoms with Crippen LogP contribution in [0.4, 0.5) is 4.39 Å². The van der Waals surface area contributed by atoms with Gasteiger partial charge >= 0.3 is 5.97 Å². The number of hydrogen-bond acceptors (Lipinski definition) is 4. The fourth-order valence-corrected chi connectivity index (χ4v) is 4.30. The summed E-state index contributed by atoms with van der Waals surface area (Å²) in [6, 6.07) is 4.37. The van der Waals surface area contributed by atoms with Gasteiger partial charge in [0.1, 0.15) is 11.6 Å². The van der Waals surface area contributed by atoms with Gasteiger partial charge in [-0.2, -0.15) is 0 Å². The molecular formula is C21H23FO4. The lowest BCUT2D eigenvalue weighted by molar-refractivity contribution is -0.149. The van der Waals surface area contributed by atoms with E-state index in [1.165, 1.54) is 12.1 Å². The lowest BCUT2D eigenvalue weighted by Crippen LogP contribution is -2.31. The van der Waals surface area contributed by atoms with Crippen LogP contribution in [0.3, 0.4) is 0 Å². The molecule has 138 valence electrons. The topological polar surface area (TPSA) is 52.6 Å². The van der Waals surface area contributed by atoms with Gasteiger partial charge < -0.3 is 9.47 Å². The molecule has 1 aromatic carbocycles. The summed E-state index contributed by atoms with van der Waals surface area (Å²) in [4.78, 5) is 25.8. The van der Waals surface area contributed by atoms with E-state index in [2.05, 4.69) is 0 Å². The highest BCUT2D eigenvalue weighted by molar-refractivity contribution is 6.25. The minimum atomic E-state index is -0.700. The number of aryl methyl sites for hydroxylation is 1. The first-order valence-corrected chi connectivity index (χ1v) is 9.11. The van der Waals surface area contributed by atoms with Gasteiger partial charge in [0.25, 0.3) is 0 Å². The lowest BCUT2D eigenvalue weighted by atomic mass is 9.80. The molecule has 4 rings (SSSR count). The number of ether oxygens (including phenoxy) is 2. The fraction of sp³-hybridized carbons (Fsp3) is 0.524. The van der Waals surface area contributed by atoms with Gasteiger partial charge in [0, 0.05) is 0 Å². The highest BCUT2D eigenvalue weighted by Crippen LogP contribution is 2.55. The molecule has 0 radical (unpaired) electrons. The Labute approximate surface area is 152 Å². The van der Waals surface area contributed by atoms with Gasteiger partial charge in [0.05, 0.1) is 35.0 Å². The zero-order valence-electron chi connectivity index (χ0n) is 15.5. The highest BCUT2D eigenvalue weighted by atomic mass is 19.1. The molecule has 0 saturated carbocycles. The van der Waals surface area contributed by atoms with E-state index in [0.29, 0.717) is 16.9 Å². The van der Waals surface area contributed by atoms with E-state index < -0.39 is 17.2 Å². The zero-order chi connectivity index (χ0) is 18.8. The molecule has 26 heavy (non-hydrogen) atoms. The number of carbonyl (C=O) groups excluding carboxylic acids is 2. The Morgan fingerprint density at radius 2 is 1.85 bits per heavy atom. The summed E-state index contributed by atoms with van der Waals surface area (Å²) < 4.78 is 25.6. The first-order valence-electron chi connectivity index (χ1n) is 9.11. The lowest BCUT2D eigenvalue weighted by Gasteiger charge is -2.24. The number of halogens is 1. The van der Waals surface area contributed by atoms with Crippen molar-refractivity contribution in [2.24, 2.45) is 17.3 Å². The van der Waals surface area contributed by atoms with Gasteiger partial charge in [0.15, 0.2) is 5.78 Å². The molecule has 2 saturated heterocycles. The molecule has 0 spiro atoms. The molecule has 0 amide bonds. The van der Waals surface area contributed by atoms with E-state index in [1.54, 1.807) is 26.8 Å².